The molecule has 0 unspecified atom stereocenters. The molecule has 0 fully saturated rings. The van der Waals surface area contributed by atoms with Crippen LogP contribution in [0.3, 0.4) is 0 Å². The van der Waals surface area contributed by atoms with Crippen LogP contribution in [0, 0.1) is 6.92 Å². The summed E-state index contributed by atoms with van der Waals surface area (Å²) in [5.74, 6) is 0.557. The summed E-state index contributed by atoms with van der Waals surface area (Å²) in [4.78, 5) is 11.5. The normalized spacial score (nSPS) is 10.3. The molecule has 0 aliphatic carbocycles. The molecule has 0 aliphatic heterocycles. The highest BCUT2D eigenvalue weighted by atomic mass is 79.9. The van der Waals surface area contributed by atoms with E-state index in [-0.39, 0.29) is 0 Å². The lowest BCUT2D eigenvalue weighted by Gasteiger charge is -2.11. The second-order valence-electron chi connectivity index (χ2n) is 3.99. The molecule has 0 aromatic heterocycles. The van der Waals surface area contributed by atoms with Crippen LogP contribution < -0.4 is 10.5 Å². The van der Waals surface area contributed by atoms with Gasteiger partial charge < -0.3 is 10.5 Å². The Morgan fingerprint density at radius 2 is 1.89 bits per heavy atom. The van der Waals surface area contributed by atoms with E-state index < -0.39 is 5.91 Å². The van der Waals surface area contributed by atoms with Crippen molar-refractivity contribution in [3.63, 3.8) is 0 Å². The zero-order valence-corrected chi connectivity index (χ0v) is 13.3. The maximum Gasteiger partial charge on any atom is 0.253 e. The smallest absolute Gasteiger partial charge is 0.253 e. The lowest BCUT2D eigenvalue weighted by Crippen LogP contribution is -2.13. The standard InChI is InChI=1S/C14H11Br2NO2/c1-8-7-9(5-6-10(8)15)19-12-4-2-3-11(16)13(12)14(17)18/h2-7H,1H3,(H2,17,18). The minimum atomic E-state index is -0.531. The van der Waals surface area contributed by atoms with Gasteiger partial charge in [0, 0.05) is 8.95 Å². The number of carbonyl (C=O) groups excluding carboxylic acids is 1. The van der Waals surface area contributed by atoms with Gasteiger partial charge in [-0.2, -0.15) is 0 Å². The van der Waals surface area contributed by atoms with Crippen molar-refractivity contribution < 1.29 is 9.53 Å². The van der Waals surface area contributed by atoms with Crippen molar-refractivity contribution in [3.05, 3.63) is 56.5 Å². The Kier molecular flexibility index (Phi) is 4.27. The summed E-state index contributed by atoms with van der Waals surface area (Å²) in [5.41, 5.74) is 6.75. The Hall–Kier alpha value is -1.33. The summed E-state index contributed by atoms with van der Waals surface area (Å²) < 4.78 is 7.36. The summed E-state index contributed by atoms with van der Waals surface area (Å²) in [5, 5.41) is 0. The van der Waals surface area contributed by atoms with Crippen molar-refractivity contribution in [2.75, 3.05) is 0 Å². The van der Waals surface area contributed by atoms with Gasteiger partial charge in [0.2, 0.25) is 0 Å². The van der Waals surface area contributed by atoms with E-state index in [1.165, 1.54) is 0 Å². The molecule has 19 heavy (non-hydrogen) atoms. The highest BCUT2D eigenvalue weighted by Gasteiger charge is 2.14. The first-order chi connectivity index (χ1) is 8.99. The van der Waals surface area contributed by atoms with Gasteiger partial charge in [0.25, 0.3) is 5.91 Å². The fourth-order valence-corrected chi connectivity index (χ4v) is 2.43. The molecule has 2 rings (SSSR count). The first-order valence-electron chi connectivity index (χ1n) is 5.51. The van der Waals surface area contributed by atoms with Crippen LogP contribution in [0.15, 0.2) is 45.3 Å². The average molecular weight is 385 g/mol. The maximum atomic E-state index is 11.5. The molecule has 0 bridgehead atoms. The van der Waals surface area contributed by atoms with Crippen molar-refractivity contribution >= 4 is 37.8 Å². The second kappa shape index (κ2) is 5.75. The third-order valence-corrected chi connectivity index (χ3v) is 4.13. The largest absolute Gasteiger partial charge is 0.456 e. The van der Waals surface area contributed by atoms with E-state index in [0.717, 1.165) is 10.0 Å². The number of amides is 1. The van der Waals surface area contributed by atoms with Crippen LogP contribution in [-0.2, 0) is 0 Å². The SMILES string of the molecule is Cc1cc(Oc2cccc(Br)c2C(N)=O)ccc1Br. The first kappa shape index (κ1) is 14.1. The minimum Gasteiger partial charge on any atom is -0.456 e. The van der Waals surface area contributed by atoms with E-state index in [1.54, 1.807) is 18.2 Å². The molecule has 1 amide bonds. The average Bonchev–Trinajstić information content (AvgIpc) is 2.33. The Balaban J connectivity index is 2.40. The van der Waals surface area contributed by atoms with E-state index in [9.17, 15) is 4.79 Å². The lowest BCUT2D eigenvalue weighted by atomic mass is 10.2. The van der Waals surface area contributed by atoms with Gasteiger partial charge in [-0.25, -0.2) is 0 Å². The summed E-state index contributed by atoms with van der Waals surface area (Å²) in [6, 6.07) is 10.9. The summed E-state index contributed by atoms with van der Waals surface area (Å²) in [7, 11) is 0. The molecule has 2 N–H and O–H groups in total. The van der Waals surface area contributed by atoms with Crippen LogP contribution >= 0.6 is 31.9 Å². The summed E-state index contributed by atoms with van der Waals surface area (Å²) in [6.45, 7) is 1.97. The molecule has 3 nitrogen and oxygen atoms in total. The number of hydrogen-bond donors (Lipinski definition) is 1. The molecule has 0 spiro atoms. The van der Waals surface area contributed by atoms with Crippen molar-refractivity contribution in [1.82, 2.24) is 0 Å². The van der Waals surface area contributed by atoms with E-state index in [4.69, 9.17) is 10.5 Å². The van der Waals surface area contributed by atoms with Crippen LogP contribution in [-0.4, -0.2) is 5.91 Å². The first-order valence-corrected chi connectivity index (χ1v) is 7.10. The number of carbonyl (C=O) groups is 1. The Morgan fingerprint density at radius 1 is 1.16 bits per heavy atom. The van der Waals surface area contributed by atoms with Crippen LogP contribution in [0.25, 0.3) is 0 Å². The third-order valence-electron chi connectivity index (χ3n) is 2.58. The summed E-state index contributed by atoms with van der Waals surface area (Å²) >= 11 is 6.73. The zero-order valence-electron chi connectivity index (χ0n) is 10.1. The van der Waals surface area contributed by atoms with Gasteiger partial charge in [-0.15, -0.1) is 0 Å². The molecule has 0 saturated carbocycles. The Bertz CT molecular complexity index is 641. The Morgan fingerprint density at radius 3 is 2.53 bits per heavy atom. The van der Waals surface area contributed by atoms with Gasteiger partial charge in [0.1, 0.15) is 11.5 Å². The number of halogens is 2. The van der Waals surface area contributed by atoms with Crippen molar-refractivity contribution in [3.8, 4) is 11.5 Å². The number of ether oxygens (including phenoxy) is 1. The van der Waals surface area contributed by atoms with Gasteiger partial charge in [0.05, 0.1) is 5.56 Å². The van der Waals surface area contributed by atoms with Gasteiger partial charge in [0.15, 0.2) is 0 Å². The van der Waals surface area contributed by atoms with Crippen LogP contribution in [0.1, 0.15) is 15.9 Å². The van der Waals surface area contributed by atoms with Gasteiger partial charge in [-0.1, -0.05) is 22.0 Å². The van der Waals surface area contributed by atoms with Gasteiger partial charge in [-0.05, 0) is 58.7 Å². The molecular formula is C14H11Br2NO2. The van der Waals surface area contributed by atoms with Crippen LogP contribution in [0.5, 0.6) is 11.5 Å². The summed E-state index contributed by atoms with van der Waals surface area (Å²) in [6.07, 6.45) is 0. The number of primary amides is 1. The highest BCUT2D eigenvalue weighted by molar-refractivity contribution is 9.10. The predicted molar refractivity (Wildman–Crippen MR) is 81.6 cm³/mol. The maximum absolute atomic E-state index is 11.5. The molecule has 0 aliphatic rings. The molecule has 2 aromatic carbocycles. The number of hydrogen-bond acceptors (Lipinski definition) is 2. The Labute approximate surface area is 128 Å². The van der Waals surface area contributed by atoms with E-state index >= 15 is 0 Å². The fourth-order valence-electron chi connectivity index (χ4n) is 1.64. The molecule has 0 radical (unpaired) electrons. The number of nitrogens with two attached hydrogens (primary N) is 1. The van der Waals surface area contributed by atoms with Crippen molar-refractivity contribution in [2.45, 2.75) is 6.92 Å². The second-order valence-corrected chi connectivity index (χ2v) is 5.70. The molecule has 98 valence electrons. The minimum absolute atomic E-state index is 0.336. The molecule has 0 heterocycles. The third kappa shape index (κ3) is 3.16. The van der Waals surface area contributed by atoms with E-state index in [2.05, 4.69) is 31.9 Å². The van der Waals surface area contributed by atoms with Crippen LogP contribution in [0.4, 0.5) is 0 Å². The van der Waals surface area contributed by atoms with Crippen molar-refractivity contribution in [2.24, 2.45) is 5.73 Å². The van der Waals surface area contributed by atoms with Gasteiger partial charge in [-0.3, -0.25) is 4.79 Å². The molecule has 5 heteroatoms. The molecule has 0 saturated heterocycles. The highest BCUT2D eigenvalue weighted by Crippen LogP contribution is 2.31. The zero-order chi connectivity index (χ0) is 14.0. The predicted octanol–water partition coefficient (Wildman–Crippen LogP) is 4.41. The van der Waals surface area contributed by atoms with Gasteiger partial charge >= 0.3 is 0 Å². The fraction of sp³-hybridized carbons (Fsp3) is 0.0714. The van der Waals surface area contributed by atoms with E-state index in [0.29, 0.717) is 21.5 Å². The monoisotopic (exact) mass is 383 g/mol. The van der Waals surface area contributed by atoms with E-state index in [1.807, 2.05) is 25.1 Å². The number of rotatable bonds is 3. The number of aryl methyl sites for hydroxylation is 1. The quantitative estimate of drug-likeness (QED) is 0.851. The number of benzene rings is 2. The molecule has 2 aromatic rings. The molecular weight excluding hydrogens is 374 g/mol. The van der Waals surface area contributed by atoms with Crippen LogP contribution in [0.2, 0.25) is 0 Å². The molecule has 0 atom stereocenters. The topological polar surface area (TPSA) is 52.3 Å². The van der Waals surface area contributed by atoms with Crippen molar-refractivity contribution in [1.29, 1.82) is 0 Å². The lowest BCUT2D eigenvalue weighted by molar-refractivity contribution is 0.0997.